The van der Waals surface area contributed by atoms with Gasteiger partial charge < -0.3 is 9.64 Å². The molecule has 1 amide bonds. The van der Waals surface area contributed by atoms with Gasteiger partial charge in [0.1, 0.15) is 6.04 Å². The molecule has 1 heterocycles. The fourth-order valence-corrected chi connectivity index (χ4v) is 3.32. The van der Waals surface area contributed by atoms with Gasteiger partial charge in [0.25, 0.3) is 5.91 Å². The van der Waals surface area contributed by atoms with Gasteiger partial charge in [0, 0.05) is 18.4 Å². The van der Waals surface area contributed by atoms with Gasteiger partial charge >= 0.3 is 5.97 Å². The standard InChI is InChI=1S/C24H21NO4/c26-20-15-16-25(21(27)14-11-17-7-3-1-4-8-17)22(18-9-5-2-6-10-18)23(20)29-24(28)19-12-13-19/h1-11,14-16,19,22-23H,12-13H2/b14-11+/t22-,23+/m1/s1. The second-order valence-electron chi connectivity index (χ2n) is 7.19. The van der Waals surface area contributed by atoms with Crippen molar-refractivity contribution in [2.45, 2.75) is 25.0 Å². The average Bonchev–Trinajstić information content (AvgIpc) is 3.60. The van der Waals surface area contributed by atoms with Crippen LogP contribution in [0.5, 0.6) is 0 Å². The third kappa shape index (κ3) is 4.35. The van der Waals surface area contributed by atoms with Gasteiger partial charge in [0.15, 0.2) is 11.9 Å². The van der Waals surface area contributed by atoms with Gasteiger partial charge in [-0.15, -0.1) is 0 Å². The number of hydrogen-bond acceptors (Lipinski definition) is 4. The fraction of sp³-hybridized carbons (Fsp3) is 0.208. The van der Waals surface area contributed by atoms with Crippen LogP contribution in [0.4, 0.5) is 0 Å². The Labute approximate surface area is 169 Å². The Morgan fingerprint density at radius 1 is 0.966 bits per heavy atom. The molecular weight excluding hydrogens is 366 g/mol. The van der Waals surface area contributed by atoms with Crippen LogP contribution in [0.3, 0.4) is 0 Å². The molecule has 0 unspecified atom stereocenters. The van der Waals surface area contributed by atoms with Gasteiger partial charge in [0.2, 0.25) is 0 Å². The molecule has 2 aromatic carbocycles. The van der Waals surface area contributed by atoms with Crippen molar-refractivity contribution < 1.29 is 19.1 Å². The van der Waals surface area contributed by atoms with Gasteiger partial charge in [-0.1, -0.05) is 60.7 Å². The summed E-state index contributed by atoms with van der Waals surface area (Å²) in [4.78, 5) is 39.3. The summed E-state index contributed by atoms with van der Waals surface area (Å²) in [5, 5.41) is 0. The smallest absolute Gasteiger partial charge is 0.309 e. The van der Waals surface area contributed by atoms with Crippen molar-refractivity contribution in [3.63, 3.8) is 0 Å². The lowest BCUT2D eigenvalue weighted by Crippen LogP contribution is -2.45. The molecule has 0 saturated heterocycles. The maximum atomic E-state index is 13.0. The summed E-state index contributed by atoms with van der Waals surface area (Å²) in [7, 11) is 0. The molecule has 5 nitrogen and oxygen atoms in total. The molecule has 29 heavy (non-hydrogen) atoms. The molecule has 0 aromatic heterocycles. The van der Waals surface area contributed by atoms with Crippen molar-refractivity contribution in [1.29, 1.82) is 0 Å². The first kappa shape index (κ1) is 18.9. The second kappa shape index (κ2) is 8.27. The Bertz CT molecular complexity index is 961. The van der Waals surface area contributed by atoms with E-state index in [9.17, 15) is 14.4 Å². The Morgan fingerprint density at radius 3 is 2.28 bits per heavy atom. The van der Waals surface area contributed by atoms with Crippen LogP contribution in [0.2, 0.25) is 0 Å². The number of benzene rings is 2. The van der Waals surface area contributed by atoms with Gasteiger partial charge in [-0.2, -0.15) is 0 Å². The second-order valence-corrected chi connectivity index (χ2v) is 7.19. The lowest BCUT2D eigenvalue weighted by Gasteiger charge is -2.36. The molecule has 2 aromatic rings. The molecule has 0 N–H and O–H groups in total. The number of rotatable bonds is 5. The minimum Gasteiger partial charge on any atom is -0.451 e. The van der Waals surface area contributed by atoms with Crippen molar-refractivity contribution in [3.05, 3.63) is 90.1 Å². The van der Waals surface area contributed by atoms with Gasteiger partial charge in [-0.3, -0.25) is 14.4 Å². The molecule has 2 atom stereocenters. The molecule has 1 aliphatic carbocycles. The summed E-state index contributed by atoms with van der Waals surface area (Å²) in [6.07, 6.45) is 6.48. The molecule has 2 aliphatic rings. The number of nitrogens with zero attached hydrogens (tertiary/aromatic N) is 1. The first-order valence-corrected chi connectivity index (χ1v) is 9.66. The van der Waals surface area contributed by atoms with Crippen LogP contribution in [0.1, 0.15) is 30.0 Å². The van der Waals surface area contributed by atoms with E-state index >= 15 is 0 Å². The number of amides is 1. The molecule has 1 saturated carbocycles. The highest BCUT2D eigenvalue weighted by Crippen LogP contribution is 2.35. The lowest BCUT2D eigenvalue weighted by atomic mass is 9.94. The predicted molar refractivity (Wildman–Crippen MR) is 108 cm³/mol. The van der Waals surface area contributed by atoms with Crippen LogP contribution in [0.15, 0.2) is 79.0 Å². The van der Waals surface area contributed by atoms with Crippen molar-refractivity contribution in [1.82, 2.24) is 4.90 Å². The Hall–Kier alpha value is -3.47. The van der Waals surface area contributed by atoms with E-state index in [0.29, 0.717) is 0 Å². The molecule has 0 spiro atoms. The van der Waals surface area contributed by atoms with E-state index in [-0.39, 0.29) is 23.6 Å². The zero-order valence-corrected chi connectivity index (χ0v) is 15.8. The summed E-state index contributed by atoms with van der Waals surface area (Å²) < 4.78 is 5.58. The number of carbonyl (C=O) groups excluding carboxylic acids is 3. The third-order valence-corrected chi connectivity index (χ3v) is 5.03. The maximum absolute atomic E-state index is 13.0. The largest absolute Gasteiger partial charge is 0.451 e. The van der Waals surface area contributed by atoms with Crippen LogP contribution in [0.25, 0.3) is 6.08 Å². The first-order valence-electron chi connectivity index (χ1n) is 9.66. The Morgan fingerprint density at radius 2 is 1.62 bits per heavy atom. The highest BCUT2D eigenvalue weighted by molar-refractivity contribution is 6.00. The minimum atomic E-state index is -1.05. The number of esters is 1. The Balaban J connectivity index is 1.64. The van der Waals surface area contributed by atoms with E-state index in [0.717, 1.165) is 24.0 Å². The zero-order chi connectivity index (χ0) is 20.2. The van der Waals surface area contributed by atoms with E-state index in [2.05, 4.69) is 0 Å². The summed E-state index contributed by atoms with van der Waals surface area (Å²) in [5.41, 5.74) is 1.63. The van der Waals surface area contributed by atoms with E-state index in [1.54, 1.807) is 6.08 Å². The molecule has 1 fully saturated rings. The Kier molecular flexibility index (Phi) is 5.38. The number of carbonyl (C=O) groups is 3. The molecule has 4 rings (SSSR count). The lowest BCUT2D eigenvalue weighted by molar-refractivity contribution is -0.161. The van der Waals surface area contributed by atoms with E-state index in [4.69, 9.17) is 4.74 Å². The van der Waals surface area contributed by atoms with Crippen LogP contribution in [-0.2, 0) is 19.1 Å². The normalized spacial score (nSPS) is 21.4. The van der Waals surface area contributed by atoms with Gasteiger partial charge in [0.05, 0.1) is 5.92 Å². The van der Waals surface area contributed by atoms with Crippen molar-refractivity contribution in [3.8, 4) is 0 Å². The van der Waals surface area contributed by atoms with E-state index in [1.165, 1.54) is 23.3 Å². The van der Waals surface area contributed by atoms with Crippen molar-refractivity contribution in [2.24, 2.45) is 5.92 Å². The third-order valence-electron chi connectivity index (χ3n) is 5.03. The topological polar surface area (TPSA) is 63.7 Å². The van der Waals surface area contributed by atoms with Gasteiger partial charge in [-0.25, -0.2) is 0 Å². The molecule has 146 valence electrons. The average molecular weight is 387 g/mol. The molecular formula is C24H21NO4. The van der Waals surface area contributed by atoms with Gasteiger partial charge in [-0.05, 0) is 30.0 Å². The monoisotopic (exact) mass is 387 g/mol. The number of ether oxygens (including phenoxy) is 1. The maximum Gasteiger partial charge on any atom is 0.309 e. The highest BCUT2D eigenvalue weighted by atomic mass is 16.5. The van der Waals surface area contributed by atoms with Crippen LogP contribution < -0.4 is 0 Å². The number of hydrogen-bond donors (Lipinski definition) is 0. The van der Waals surface area contributed by atoms with Crippen LogP contribution in [0, 0.1) is 5.92 Å². The summed E-state index contributed by atoms with van der Waals surface area (Å²) in [6.45, 7) is 0. The summed E-state index contributed by atoms with van der Waals surface area (Å²) in [5.74, 6) is -1.11. The molecule has 0 bridgehead atoms. The predicted octanol–water partition coefficient (Wildman–Crippen LogP) is 3.69. The molecule has 1 aliphatic heterocycles. The first-order chi connectivity index (χ1) is 14.1. The summed E-state index contributed by atoms with van der Waals surface area (Å²) >= 11 is 0. The van der Waals surface area contributed by atoms with E-state index < -0.39 is 12.1 Å². The highest BCUT2D eigenvalue weighted by Gasteiger charge is 2.42. The van der Waals surface area contributed by atoms with Crippen LogP contribution in [-0.4, -0.2) is 28.7 Å². The van der Waals surface area contributed by atoms with Crippen LogP contribution >= 0.6 is 0 Å². The van der Waals surface area contributed by atoms with Crippen molar-refractivity contribution >= 4 is 23.7 Å². The quantitative estimate of drug-likeness (QED) is 0.580. The SMILES string of the molecule is O=C(O[C@H]1C(=O)C=CN(C(=O)/C=C/c2ccccc2)[C@@H]1c1ccccc1)C1CC1. The number of ketones is 1. The molecule has 5 heteroatoms. The zero-order valence-electron chi connectivity index (χ0n) is 15.8. The van der Waals surface area contributed by atoms with E-state index in [1.807, 2.05) is 60.7 Å². The summed E-state index contributed by atoms with van der Waals surface area (Å²) in [6, 6.07) is 18.0. The minimum absolute atomic E-state index is 0.132. The fourth-order valence-electron chi connectivity index (χ4n) is 3.32. The molecule has 0 radical (unpaired) electrons. The van der Waals surface area contributed by atoms with Crippen molar-refractivity contribution in [2.75, 3.05) is 0 Å².